The molecule has 8 nitrogen and oxygen atoms in total. The van der Waals surface area contributed by atoms with E-state index in [0.29, 0.717) is 18.7 Å². The van der Waals surface area contributed by atoms with Crippen molar-refractivity contribution in [3.63, 3.8) is 0 Å². The normalized spacial score (nSPS) is 15.1. The van der Waals surface area contributed by atoms with Gasteiger partial charge in [-0.05, 0) is 48.9 Å². The van der Waals surface area contributed by atoms with Crippen LogP contribution in [0, 0.1) is 6.92 Å². The summed E-state index contributed by atoms with van der Waals surface area (Å²) in [6, 6.07) is 9.63. The Morgan fingerprint density at radius 2 is 1.65 bits per heavy atom. The van der Waals surface area contributed by atoms with Crippen LogP contribution in [0.3, 0.4) is 0 Å². The Morgan fingerprint density at radius 3 is 2.21 bits per heavy atom. The number of amides is 2. The number of alkyl halides is 3. The average Bonchev–Trinajstić information content (AvgIpc) is 2.78. The Bertz CT molecular complexity index is 1160. The lowest BCUT2D eigenvalue weighted by atomic mass is 10.2. The molecule has 0 bridgehead atoms. The molecule has 1 aliphatic heterocycles. The first-order valence-electron chi connectivity index (χ1n) is 10.3. The second-order valence-electron chi connectivity index (χ2n) is 7.79. The molecule has 0 radical (unpaired) electrons. The van der Waals surface area contributed by atoms with Gasteiger partial charge in [0, 0.05) is 38.7 Å². The summed E-state index contributed by atoms with van der Waals surface area (Å²) in [5, 5.41) is 2.50. The van der Waals surface area contributed by atoms with Gasteiger partial charge in [0.25, 0.3) is 5.91 Å². The Labute approximate surface area is 195 Å². The number of hydrogen-bond acceptors (Lipinski definition) is 5. The molecular formula is C22H24F3N3O5S. The number of sulfonamides is 1. The van der Waals surface area contributed by atoms with E-state index in [-0.39, 0.29) is 40.9 Å². The average molecular weight is 500 g/mol. The third-order valence-corrected chi connectivity index (χ3v) is 7.13. The number of ether oxygens (including phenoxy) is 1. The minimum absolute atomic E-state index is 0.00939. The summed E-state index contributed by atoms with van der Waals surface area (Å²) in [6.45, 7) is 2.51. The first kappa shape index (κ1) is 25.5. The van der Waals surface area contributed by atoms with Crippen LogP contribution in [0.4, 0.5) is 18.9 Å². The number of hydrogen-bond donors (Lipinski definition) is 1. The molecule has 1 saturated heterocycles. The zero-order valence-corrected chi connectivity index (χ0v) is 19.4. The van der Waals surface area contributed by atoms with Crippen LogP contribution in [0.15, 0.2) is 47.4 Å². The molecule has 2 aromatic rings. The van der Waals surface area contributed by atoms with E-state index in [4.69, 9.17) is 4.74 Å². The maximum atomic E-state index is 12.9. The van der Waals surface area contributed by atoms with E-state index in [1.54, 1.807) is 17.9 Å². The minimum Gasteiger partial charge on any atom is -0.482 e. The van der Waals surface area contributed by atoms with E-state index in [9.17, 15) is 31.2 Å². The number of benzene rings is 2. The highest BCUT2D eigenvalue weighted by atomic mass is 32.2. The van der Waals surface area contributed by atoms with Crippen molar-refractivity contribution in [1.82, 2.24) is 9.21 Å². The van der Waals surface area contributed by atoms with Gasteiger partial charge in [0.15, 0.2) is 6.61 Å². The van der Waals surface area contributed by atoms with E-state index < -0.39 is 28.7 Å². The Morgan fingerprint density at radius 1 is 1.03 bits per heavy atom. The summed E-state index contributed by atoms with van der Waals surface area (Å²) in [4.78, 5) is 25.6. The molecule has 1 aliphatic rings. The largest absolute Gasteiger partial charge is 0.482 e. The van der Waals surface area contributed by atoms with E-state index in [2.05, 4.69) is 5.32 Å². The van der Waals surface area contributed by atoms with Crippen LogP contribution in [0.1, 0.15) is 22.8 Å². The third-order valence-electron chi connectivity index (χ3n) is 5.21. The van der Waals surface area contributed by atoms with Crippen molar-refractivity contribution in [2.75, 3.05) is 38.1 Å². The summed E-state index contributed by atoms with van der Waals surface area (Å²) < 4.78 is 69.5. The molecule has 2 amide bonds. The van der Waals surface area contributed by atoms with Crippen molar-refractivity contribution in [2.24, 2.45) is 0 Å². The van der Waals surface area contributed by atoms with Crippen molar-refractivity contribution < 1.29 is 35.9 Å². The first-order chi connectivity index (χ1) is 15.9. The summed E-state index contributed by atoms with van der Waals surface area (Å²) in [5.41, 5.74) is 0.816. The van der Waals surface area contributed by atoms with Crippen LogP contribution < -0.4 is 10.1 Å². The highest BCUT2D eigenvalue weighted by Crippen LogP contribution is 2.28. The summed E-state index contributed by atoms with van der Waals surface area (Å²) in [7, 11) is -3.81. The van der Waals surface area contributed by atoms with E-state index >= 15 is 0 Å². The van der Waals surface area contributed by atoms with Crippen LogP contribution in [-0.2, 0) is 14.8 Å². The molecular weight excluding hydrogens is 475 g/mol. The van der Waals surface area contributed by atoms with Crippen LogP contribution in [0.2, 0.25) is 0 Å². The SMILES string of the molecule is CC(=O)N1CCN(S(=O)(=O)c2ccc(C(=O)Nc3ccc(C)cc3OCC(F)(F)F)cc2)CC1. The fourth-order valence-corrected chi connectivity index (χ4v) is 4.80. The fraction of sp³-hybridized carbons (Fsp3) is 0.364. The molecule has 0 unspecified atom stereocenters. The molecule has 34 heavy (non-hydrogen) atoms. The number of carbonyl (C=O) groups is 2. The molecule has 0 saturated carbocycles. The second-order valence-corrected chi connectivity index (χ2v) is 9.73. The molecule has 1 N–H and O–H groups in total. The van der Waals surface area contributed by atoms with Gasteiger partial charge in [0.2, 0.25) is 15.9 Å². The van der Waals surface area contributed by atoms with Gasteiger partial charge in [-0.3, -0.25) is 9.59 Å². The van der Waals surface area contributed by atoms with Gasteiger partial charge in [0.05, 0.1) is 10.6 Å². The standard InChI is InChI=1S/C22H24F3N3O5S/c1-15-3-8-19(20(13-15)33-14-22(23,24)25)26-21(30)17-4-6-18(7-5-17)34(31,32)28-11-9-27(10-12-28)16(2)29/h3-8,13H,9-12,14H2,1-2H3,(H,26,30). The molecule has 2 aromatic carbocycles. The third kappa shape index (κ3) is 6.26. The predicted octanol–water partition coefficient (Wildman–Crippen LogP) is 3.04. The highest BCUT2D eigenvalue weighted by molar-refractivity contribution is 7.89. The van der Waals surface area contributed by atoms with Crippen molar-refractivity contribution in [3.8, 4) is 5.75 Å². The summed E-state index contributed by atoms with van der Waals surface area (Å²) >= 11 is 0. The van der Waals surface area contributed by atoms with E-state index in [0.717, 1.165) is 0 Å². The van der Waals surface area contributed by atoms with Crippen molar-refractivity contribution in [2.45, 2.75) is 24.9 Å². The summed E-state index contributed by atoms with van der Waals surface area (Å²) in [5.74, 6) is -0.887. The second kappa shape index (κ2) is 10.0. The maximum Gasteiger partial charge on any atom is 0.422 e. The zero-order valence-electron chi connectivity index (χ0n) is 18.6. The lowest BCUT2D eigenvalue weighted by Crippen LogP contribution is -2.49. The van der Waals surface area contributed by atoms with Crippen LogP contribution in [0.5, 0.6) is 5.75 Å². The molecule has 1 fully saturated rings. The lowest BCUT2D eigenvalue weighted by Gasteiger charge is -2.33. The Hall–Kier alpha value is -3.12. The van der Waals surface area contributed by atoms with Gasteiger partial charge in [-0.25, -0.2) is 8.42 Å². The van der Waals surface area contributed by atoms with E-state index in [1.165, 1.54) is 47.6 Å². The zero-order chi connectivity index (χ0) is 25.1. The van der Waals surface area contributed by atoms with Crippen molar-refractivity contribution in [3.05, 3.63) is 53.6 Å². The molecule has 3 rings (SSSR count). The molecule has 0 aromatic heterocycles. The maximum absolute atomic E-state index is 12.9. The molecule has 0 spiro atoms. The monoisotopic (exact) mass is 499 g/mol. The smallest absolute Gasteiger partial charge is 0.422 e. The van der Waals surface area contributed by atoms with E-state index in [1.807, 2.05) is 0 Å². The van der Waals surface area contributed by atoms with Crippen LogP contribution >= 0.6 is 0 Å². The number of piperazine rings is 1. The minimum atomic E-state index is -4.54. The van der Waals surface area contributed by atoms with Crippen LogP contribution in [0.25, 0.3) is 0 Å². The molecule has 1 heterocycles. The predicted molar refractivity (Wildman–Crippen MR) is 118 cm³/mol. The summed E-state index contributed by atoms with van der Waals surface area (Å²) in [6.07, 6.45) is -4.54. The Balaban J connectivity index is 1.71. The van der Waals surface area contributed by atoms with Crippen molar-refractivity contribution in [1.29, 1.82) is 0 Å². The topological polar surface area (TPSA) is 96.0 Å². The number of halogens is 3. The number of nitrogens with zero attached hydrogens (tertiary/aromatic N) is 2. The van der Waals surface area contributed by atoms with Gasteiger partial charge < -0.3 is 15.0 Å². The van der Waals surface area contributed by atoms with Gasteiger partial charge in [-0.2, -0.15) is 17.5 Å². The highest BCUT2D eigenvalue weighted by Gasteiger charge is 2.30. The fourth-order valence-electron chi connectivity index (χ4n) is 3.38. The first-order valence-corrected chi connectivity index (χ1v) is 11.8. The van der Waals surface area contributed by atoms with Gasteiger partial charge in [-0.15, -0.1) is 0 Å². The molecule has 184 valence electrons. The van der Waals surface area contributed by atoms with Crippen molar-refractivity contribution >= 4 is 27.5 Å². The Kier molecular flexibility index (Phi) is 7.51. The van der Waals surface area contributed by atoms with Gasteiger partial charge in [-0.1, -0.05) is 6.07 Å². The number of aryl methyl sites for hydroxylation is 1. The molecule has 12 heteroatoms. The van der Waals surface area contributed by atoms with Gasteiger partial charge >= 0.3 is 6.18 Å². The quantitative estimate of drug-likeness (QED) is 0.659. The van der Waals surface area contributed by atoms with Gasteiger partial charge in [0.1, 0.15) is 5.75 Å². The van der Waals surface area contributed by atoms with Crippen LogP contribution in [-0.4, -0.2) is 68.4 Å². The molecule has 0 atom stereocenters. The number of nitrogens with one attached hydrogen (secondary N) is 1. The lowest BCUT2D eigenvalue weighted by molar-refractivity contribution is -0.153. The number of carbonyl (C=O) groups excluding carboxylic acids is 2. The number of anilines is 1. The molecule has 0 aliphatic carbocycles. The number of rotatable bonds is 6.